The molecule has 1 aromatic carbocycles. The number of hydrogen-bond acceptors (Lipinski definition) is 9. The number of anilines is 1. The number of rotatable bonds is 10. The maximum absolute atomic E-state index is 14.3. The highest BCUT2D eigenvalue weighted by Crippen LogP contribution is 2.38. The standard InChI is InChI=1S/C32H41ClN6O5/c1-6-28(40)37-18-20(2)38(21(3)19-37)10-7-11-39-30-22(17-34-32(36-30)35-23-8-12-44-13-9-23)14-26(31(39)41)25-15-24(42-4)16-27(43-5)29(25)33/h6,14-17,20-21,23H,1,7-13,18-19H2,2-5H3,(H,34,35,36). The monoisotopic (exact) mass is 624 g/mol. The number of halogens is 1. The summed E-state index contributed by atoms with van der Waals surface area (Å²) in [7, 11) is 3.08. The molecule has 0 bridgehead atoms. The Morgan fingerprint density at radius 3 is 2.50 bits per heavy atom. The highest BCUT2D eigenvalue weighted by atomic mass is 35.5. The van der Waals surface area contributed by atoms with Gasteiger partial charge in [-0.25, -0.2) is 4.98 Å². The van der Waals surface area contributed by atoms with Crippen LogP contribution >= 0.6 is 11.6 Å². The predicted molar refractivity (Wildman–Crippen MR) is 172 cm³/mol. The Morgan fingerprint density at radius 2 is 1.84 bits per heavy atom. The average Bonchev–Trinajstić information content (AvgIpc) is 3.03. The fourth-order valence-corrected chi connectivity index (χ4v) is 6.49. The Hall–Kier alpha value is -3.67. The van der Waals surface area contributed by atoms with Crippen molar-refractivity contribution in [1.29, 1.82) is 0 Å². The van der Waals surface area contributed by atoms with Gasteiger partial charge in [-0.3, -0.25) is 19.1 Å². The summed E-state index contributed by atoms with van der Waals surface area (Å²) < 4.78 is 18.2. The highest BCUT2D eigenvalue weighted by molar-refractivity contribution is 6.35. The lowest BCUT2D eigenvalue weighted by Crippen LogP contribution is -2.58. The SMILES string of the molecule is C=CC(=O)N1CC(C)N(CCCn2c(=O)c(-c3cc(OC)cc(OC)c3Cl)cc3cnc(NC4CCOCC4)nc32)C(C)C1. The van der Waals surface area contributed by atoms with Gasteiger partial charge in [-0.15, -0.1) is 0 Å². The lowest BCUT2D eigenvalue weighted by Gasteiger charge is -2.44. The Labute approximate surface area is 262 Å². The van der Waals surface area contributed by atoms with Gasteiger partial charge in [0.15, 0.2) is 0 Å². The molecule has 2 atom stereocenters. The van der Waals surface area contributed by atoms with Crippen LogP contribution in [-0.2, 0) is 16.1 Å². The van der Waals surface area contributed by atoms with Gasteiger partial charge in [0.1, 0.15) is 17.1 Å². The van der Waals surface area contributed by atoms with E-state index in [9.17, 15) is 9.59 Å². The lowest BCUT2D eigenvalue weighted by molar-refractivity contribution is -0.130. The quantitative estimate of drug-likeness (QED) is 0.332. The van der Waals surface area contributed by atoms with Crippen molar-refractivity contribution in [2.45, 2.75) is 57.8 Å². The molecular weight excluding hydrogens is 584 g/mol. The number of carbonyl (C=O) groups is 1. The first-order chi connectivity index (χ1) is 21.2. The van der Waals surface area contributed by atoms with E-state index in [-0.39, 0.29) is 29.6 Å². The molecule has 4 heterocycles. The van der Waals surface area contributed by atoms with Crippen LogP contribution in [0.3, 0.4) is 0 Å². The van der Waals surface area contributed by atoms with Crippen molar-refractivity contribution >= 4 is 34.5 Å². The lowest BCUT2D eigenvalue weighted by atomic mass is 10.0. The molecule has 11 nitrogen and oxygen atoms in total. The van der Waals surface area contributed by atoms with Crippen molar-refractivity contribution < 1.29 is 19.0 Å². The number of nitrogens with one attached hydrogen (secondary N) is 1. The summed E-state index contributed by atoms with van der Waals surface area (Å²) >= 11 is 6.74. The zero-order chi connectivity index (χ0) is 31.4. The number of aromatic nitrogens is 3. The van der Waals surface area contributed by atoms with Gasteiger partial charge < -0.3 is 24.4 Å². The van der Waals surface area contributed by atoms with E-state index in [4.69, 9.17) is 30.8 Å². The largest absolute Gasteiger partial charge is 0.497 e. The van der Waals surface area contributed by atoms with E-state index in [0.29, 0.717) is 83.9 Å². The molecule has 2 unspecified atom stereocenters. The van der Waals surface area contributed by atoms with Crippen LogP contribution < -0.4 is 20.3 Å². The summed E-state index contributed by atoms with van der Waals surface area (Å²) in [6.07, 6.45) is 5.55. The fraction of sp³-hybridized carbons (Fsp3) is 0.500. The smallest absolute Gasteiger partial charge is 0.260 e. The van der Waals surface area contributed by atoms with E-state index in [1.165, 1.54) is 13.2 Å². The first kappa shape index (κ1) is 31.7. The molecule has 3 aromatic rings. The van der Waals surface area contributed by atoms with Gasteiger partial charge in [-0.05, 0) is 51.3 Å². The molecule has 44 heavy (non-hydrogen) atoms. The second-order valence-corrected chi connectivity index (χ2v) is 11.8. The molecule has 0 aliphatic carbocycles. The summed E-state index contributed by atoms with van der Waals surface area (Å²) in [5.41, 5.74) is 1.26. The van der Waals surface area contributed by atoms with Crippen molar-refractivity contribution in [1.82, 2.24) is 24.3 Å². The molecule has 2 aliphatic heterocycles. The van der Waals surface area contributed by atoms with Crippen LogP contribution in [0.5, 0.6) is 11.5 Å². The van der Waals surface area contributed by atoms with Crippen molar-refractivity contribution in [2.24, 2.45) is 0 Å². The zero-order valence-corrected chi connectivity index (χ0v) is 26.6. The van der Waals surface area contributed by atoms with Gasteiger partial charge in [-0.1, -0.05) is 18.2 Å². The third-order valence-electron chi connectivity index (χ3n) is 8.53. The topological polar surface area (TPSA) is 111 Å². The summed E-state index contributed by atoms with van der Waals surface area (Å²) in [5, 5.41) is 4.46. The number of aryl methyl sites for hydroxylation is 1. The third kappa shape index (κ3) is 6.69. The fourth-order valence-electron chi connectivity index (χ4n) is 6.21. The molecule has 12 heteroatoms. The van der Waals surface area contributed by atoms with Gasteiger partial charge in [0.25, 0.3) is 5.56 Å². The minimum Gasteiger partial charge on any atom is -0.497 e. The van der Waals surface area contributed by atoms with Crippen LogP contribution in [0.15, 0.2) is 41.8 Å². The molecule has 5 rings (SSSR count). The Kier molecular flexibility index (Phi) is 10.1. The molecule has 1 amide bonds. The van der Waals surface area contributed by atoms with Gasteiger partial charge in [0.2, 0.25) is 11.9 Å². The highest BCUT2D eigenvalue weighted by Gasteiger charge is 2.30. The maximum atomic E-state index is 14.3. The molecule has 0 radical (unpaired) electrons. The molecule has 2 aromatic heterocycles. The van der Waals surface area contributed by atoms with Gasteiger partial charge in [0.05, 0.1) is 19.2 Å². The van der Waals surface area contributed by atoms with Crippen LogP contribution in [0.2, 0.25) is 5.02 Å². The average molecular weight is 625 g/mol. The van der Waals surface area contributed by atoms with Crippen LogP contribution in [0, 0.1) is 0 Å². The van der Waals surface area contributed by atoms with Gasteiger partial charge in [-0.2, -0.15) is 4.98 Å². The van der Waals surface area contributed by atoms with Crippen molar-refractivity contribution in [3.63, 3.8) is 0 Å². The number of benzene rings is 1. The number of hydrogen-bond donors (Lipinski definition) is 1. The second-order valence-electron chi connectivity index (χ2n) is 11.4. The number of fused-ring (bicyclic) bond motifs is 1. The van der Waals surface area contributed by atoms with E-state index < -0.39 is 0 Å². The van der Waals surface area contributed by atoms with Crippen LogP contribution in [0.1, 0.15) is 33.1 Å². The van der Waals surface area contributed by atoms with Crippen molar-refractivity contribution in [2.75, 3.05) is 52.4 Å². The van der Waals surface area contributed by atoms with Crippen LogP contribution in [-0.4, -0.2) is 95.4 Å². The number of piperazine rings is 1. The van der Waals surface area contributed by atoms with Crippen LogP contribution in [0.4, 0.5) is 5.95 Å². The second kappa shape index (κ2) is 14.0. The van der Waals surface area contributed by atoms with E-state index in [1.807, 2.05) is 4.90 Å². The number of carbonyl (C=O) groups excluding carboxylic acids is 1. The minimum absolute atomic E-state index is 0.0455. The molecule has 1 N–H and O–H groups in total. The molecule has 2 aliphatic rings. The predicted octanol–water partition coefficient (Wildman–Crippen LogP) is 4.22. The number of nitrogens with zero attached hydrogens (tertiary/aromatic N) is 5. The normalized spacial score (nSPS) is 19.6. The Morgan fingerprint density at radius 1 is 1.11 bits per heavy atom. The first-order valence-corrected chi connectivity index (χ1v) is 15.5. The first-order valence-electron chi connectivity index (χ1n) is 15.1. The number of methoxy groups -OCH3 is 2. The number of ether oxygens (including phenoxy) is 3. The van der Waals surface area contributed by atoms with Crippen molar-refractivity contribution in [3.05, 3.63) is 52.4 Å². The molecule has 0 saturated carbocycles. The Balaban J connectivity index is 1.49. The van der Waals surface area contributed by atoms with E-state index in [1.54, 1.807) is 36.1 Å². The number of amides is 1. The summed E-state index contributed by atoms with van der Waals surface area (Å²) in [4.78, 5) is 40.2. The van der Waals surface area contributed by atoms with E-state index in [0.717, 1.165) is 19.4 Å². The molecule has 2 saturated heterocycles. The summed E-state index contributed by atoms with van der Waals surface area (Å²) in [6.45, 7) is 11.7. The van der Waals surface area contributed by atoms with E-state index >= 15 is 0 Å². The molecular formula is C32H41ClN6O5. The minimum atomic E-state index is -0.215. The molecule has 236 valence electrons. The molecule has 0 spiro atoms. The van der Waals surface area contributed by atoms with Gasteiger partial charge in [0, 0.05) is 86.3 Å². The van der Waals surface area contributed by atoms with Crippen molar-refractivity contribution in [3.8, 4) is 22.6 Å². The molecule has 2 fully saturated rings. The number of pyridine rings is 1. The van der Waals surface area contributed by atoms with E-state index in [2.05, 4.69) is 35.6 Å². The third-order valence-corrected chi connectivity index (χ3v) is 8.92. The van der Waals surface area contributed by atoms with Crippen LogP contribution in [0.25, 0.3) is 22.2 Å². The summed E-state index contributed by atoms with van der Waals surface area (Å²) in [5.74, 6) is 1.38. The zero-order valence-electron chi connectivity index (χ0n) is 25.8. The summed E-state index contributed by atoms with van der Waals surface area (Å²) in [6, 6.07) is 5.76. The maximum Gasteiger partial charge on any atom is 0.260 e. The Bertz CT molecular complexity index is 1560. The van der Waals surface area contributed by atoms with Gasteiger partial charge >= 0.3 is 0 Å².